The molecule has 164 valence electrons. The van der Waals surface area contributed by atoms with Crippen LogP contribution in [-0.2, 0) is 0 Å². The molecule has 3 aromatic carbocycles. The van der Waals surface area contributed by atoms with Crippen LogP contribution in [0.5, 0.6) is 23.0 Å². The summed E-state index contributed by atoms with van der Waals surface area (Å²) in [4.78, 5) is 0. The summed E-state index contributed by atoms with van der Waals surface area (Å²) in [7, 11) is 0. The van der Waals surface area contributed by atoms with E-state index in [-0.39, 0.29) is 5.92 Å². The second-order valence-corrected chi connectivity index (χ2v) is 6.98. The second kappa shape index (κ2) is 11.3. The maximum Gasteiger partial charge on any atom is 0.127 e. The van der Waals surface area contributed by atoms with Gasteiger partial charge in [0.1, 0.15) is 23.0 Å². The molecule has 0 unspecified atom stereocenters. The van der Waals surface area contributed by atoms with Crippen LogP contribution in [0.2, 0.25) is 0 Å². The van der Waals surface area contributed by atoms with Crippen molar-refractivity contribution in [3.63, 3.8) is 0 Å². The fraction of sp³-hybridized carbons (Fsp3) is 0.333. The monoisotopic (exact) mass is 420 g/mol. The van der Waals surface area contributed by atoms with Crippen LogP contribution in [0.25, 0.3) is 0 Å². The Hall–Kier alpha value is -3.14. The van der Waals surface area contributed by atoms with Crippen LogP contribution in [0.15, 0.2) is 66.7 Å². The standard InChI is InChI=1S/C27H32O4/c1-5-28-21-14-16-23(25(18-21)30-7-3)27(20-12-10-9-11-13-20)24-17-15-22(29-6-2)19-26(24)31-8-4/h9-19,27H,5-8H2,1-4H3. The number of hydrogen-bond donors (Lipinski definition) is 0. The lowest BCUT2D eigenvalue weighted by molar-refractivity contribution is 0.317. The fourth-order valence-corrected chi connectivity index (χ4v) is 3.75. The zero-order chi connectivity index (χ0) is 22.1. The molecule has 0 aliphatic heterocycles. The minimum atomic E-state index is -0.0596. The first-order valence-electron chi connectivity index (χ1n) is 11.1. The van der Waals surface area contributed by atoms with Crippen molar-refractivity contribution < 1.29 is 18.9 Å². The third-order valence-corrected chi connectivity index (χ3v) is 4.95. The van der Waals surface area contributed by atoms with Gasteiger partial charge in [-0.3, -0.25) is 0 Å². The Morgan fingerprint density at radius 1 is 0.548 bits per heavy atom. The van der Waals surface area contributed by atoms with E-state index in [0.717, 1.165) is 39.7 Å². The zero-order valence-electron chi connectivity index (χ0n) is 18.9. The molecule has 0 fully saturated rings. The molecule has 0 saturated heterocycles. The lowest BCUT2D eigenvalue weighted by Gasteiger charge is -2.24. The van der Waals surface area contributed by atoms with E-state index in [0.29, 0.717) is 26.4 Å². The molecule has 0 atom stereocenters. The van der Waals surface area contributed by atoms with Crippen molar-refractivity contribution in [2.24, 2.45) is 0 Å². The predicted octanol–water partition coefficient (Wildman–Crippen LogP) is 6.46. The van der Waals surface area contributed by atoms with E-state index in [1.54, 1.807) is 0 Å². The highest BCUT2D eigenvalue weighted by atomic mass is 16.5. The summed E-state index contributed by atoms with van der Waals surface area (Å²) in [6, 6.07) is 22.6. The van der Waals surface area contributed by atoms with Crippen molar-refractivity contribution in [2.75, 3.05) is 26.4 Å². The highest BCUT2D eigenvalue weighted by molar-refractivity contribution is 5.56. The molecule has 0 aliphatic rings. The molecule has 0 amide bonds. The maximum atomic E-state index is 6.06. The smallest absolute Gasteiger partial charge is 0.127 e. The van der Waals surface area contributed by atoms with Crippen molar-refractivity contribution in [1.82, 2.24) is 0 Å². The maximum absolute atomic E-state index is 6.06. The van der Waals surface area contributed by atoms with Gasteiger partial charge >= 0.3 is 0 Å². The van der Waals surface area contributed by atoms with Crippen molar-refractivity contribution in [2.45, 2.75) is 33.6 Å². The molecule has 0 heterocycles. The Balaban J connectivity index is 2.19. The van der Waals surface area contributed by atoms with E-state index in [9.17, 15) is 0 Å². The van der Waals surface area contributed by atoms with Gasteiger partial charge in [0.2, 0.25) is 0 Å². The molecule has 31 heavy (non-hydrogen) atoms. The van der Waals surface area contributed by atoms with E-state index in [2.05, 4.69) is 36.4 Å². The summed E-state index contributed by atoms with van der Waals surface area (Å²) in [5.74, 6) is 3.18. The molecule has 3 aromatic rings. The van der Waals surface area contributed by atoms with Gasteiger partial charge in [0.25, 0.3) is 0 Å². The Labute approximate surface area is 185 Å². The molecular weight excluding hydrogens is 388 g/mol. The number of benzene rings is 3. The molecule has 0 N–H and O–H groups in total. The van der Waals surface area contributed by atoms with Crippen LogP contribution in [0.4, 0.5) is 0 Å². The van der Waals surface area contributed by atoms with E-state index in [1.165, 1.54) is 0 Å². The van der Waals surface area contributed by atoms with Crippen LogP contribution < -0.4 is 18.9 Å². The highest BCUT2D eigenvalue weighted by Gasteiger charge is 2.25. The minimum Gasteiger partial charge on any atom is -0.494 e. The first-order valence-corrected chi connectivity index (χ1v) is 11.1. The summed E-state index contributed by atoms with van der Waals surface area (Å²) >= 11 is 0. The van der Waals surface area contributed by atoms with Gasteiger partial charge in [-0.1, -0.05) is 42.5 Å². The van der Waals surface area contributed by atoms with E-state index >= 15 is 0 Å². The van der Waals surface area contributed by atoms with Gasteiger partial charge in [-0.25, -0.2) is 0 Å². The largest absolute Gasteiger partial charge is 0.494 e. The third-order valence-electron chi connectivity index (χ3n) is 4.95. The molecule has 0 bridgehead atoms. The van der Waals surface area contributed by atoms with E-state index in [4.69, 9.17) is 18.9 Å². The Bertz CT molecular complexity index is 893. The van der Waals surface area contributed by atoms with Crippen LogP contribution in [0, 0.1) is 0 Å². The lowest BCUT2D eigenvalue weighted by atomic mass is 9.84. The van der Waals surface area contributed by atoms with E-state index < -0.39 is 0 Å². The molecule has 3 rings (SSSR count). The summed E-state index contributed by atoms with van der Waals surface area (Å²) in [5, 5.41) is 0. The summed E-state index contributed by atoms with van der Waals surface area (Å²) in [5.41, 5.74) is 3.31. The zero-order valence-corrected chi connectivity index (χ0v) is 18.9. The summed E-state index contributed by atoms with van der Waals surface area (Å²) in [6.07, 6.45) is 0. The van der Waals surface area contributed by atoms with Gasteiger partial charge in [-0.05, 0) is 45.4 Å². The Morgan fingerprint density at radius 2 is 1.00 bits per heavy atom. The van der Waals surface area contributed by atoms with Crippen LogP contribution in [0.3, 0.4) is 0 Å². The van der Waals surface area contributed by atoms with Crippen molar-refractivity contribution >= 4 is 0 Å². The van der Waals surface area contributed by atoms with Crippen LogP contribution in [-0.4, -0.2) is 26.4 Å². The summed E-state index contributed by atoms with van der Waals surface area (Å²) < 4.78 is 23.6. The minimum absolute atomic E-state index is 0.0596. The SMILES string of the molecule is CCOc1ccc(C(c2ccccc2)c2ccc(OCC)cc2OCC)c(OCC)c1. The average molecular weight is 421 g/mol. The average Bonchev–Trinajstić information content (AvgIpc) is 2.78. The van der Waals surface area contributed by atoms with Crippen molar-refractivity contribution in [1.29, 1.82) is 0 Å². The first kappa shape index (κ1) is 22.5. The van der Waals surface area contributed by atoms with Crippen LogP contribution >= 0.6 is 0 Å². The molecule has 4 nitrogen and oxygen atoms in total. The molecule has 0 spiro atoms. The molecule has 0 aromatic heterocycles. The van der Waals surface area contributed by atoms with E-state index in [1.807, 2.05) is 58.0 Å². The highest BCUT2D eigenvalue weighted by Crippen LogP contribution is 2.43. The quantitative estimate of drug-likeness (QED) is 0.334. The Kier molecular flexibility index (Phi) is 8.22. The van der Waals surface area contributed by atoms with Crippen molar-refractivity contribution in [3.05, 3.63) is 83.4 Å². The normalized spacial score (nSPS) is 10.7. The lowest BCUT2D eigenvalue weighted by Crippen LogP contribution is -2.09. The fourth-order valence-electron chi connectivity index (χ4n) is 3.75. The number of ether oxygens (including phenoxy) is 4. The molecule has 0 radical (unpaired) electrons. The van der Waals surface area contributed by atoms with Crippen LogP contribution in [0.1, 0.15) is 50.3 Å². The molecule has 4 heteroatoms. The Morgan fingerprint density at radius 3 is 1.42 bits per heavy atom. The second-order valence-electron chi connectivity index (χ2n) is 6.98. The first-order chi connectivity index (χ1) is 15.2. The van der Waals surface area contributed by atoms with Gasteiger partial charge in [0.15, 0.2) is 0 Å². The number of rotatable bonds is 11. The van der Waals surface area contributed by atoms with Gasteiger partial charge in [0.05, 0.1) is 26.4 Å². The van der Waals surface area contributed by atoms with Gasteiger partial charge in [-0.15, -0.1) is 0 Å². The third kappa shape index (κ3) is 5.52. The van der Waals surface area contributed by atoms with Gasteiger partial charge in [-0.2, -0.15) is 0 Å². The molecular formula is C27H32O4. The van der Waals surface area contributed by atoms with Gasteiger partial charge in [0, 0.05) is 29.2 Å². The van der Waals surface area contributed by atoms with Gasteiger partial charge < -0.3 is 18.9 Å². The molecule has 0 saturated carbocycles. The summed E-state index contributed by atoms with van der Waals surface area (Å²) in [6.45, 7) is 10.3. The molecule has 0 aliphatic carbocycles. The number of hydrogen-bond acceptors (Lipinski definition) is 4. The topological polar surface area (TPSA) is 36.9 Å². The van der Waals surface area contributed by atoms with Crippen molar-refractivity contribution in [3.8, 4) is 23.0 Å². The predicted molar refractivity (Wildman–Crippen MR) is 125 cm³/mol.